The molecular weight excluding hydrogens is 334 g/mol. The van der Waals surface area contributed by atoms with Gasteiger partial charge in [0, 0.05) is 43.8 Å². The number of carbonyl (C=O) groups excluding carboxylic acids is 1. The van der Waals surface area contributed by atoms with Crippen LogP contribution in [0, 0.1) is 0 Å². The number of carboxylic acids is 1. The molecule has 2 aliphatic rings. The molecule has 138 valence electrons. The minimum Gasteiger partial charge on any atom is -0.479 e. The van der Waals surface area contributed by atoms with Crippen LogP contribution >= 0.6 is 0 Å². The topological polar surface area (TPSA) is 93.3 Å². The number of imidazole rings is 1. The molecule has 1 fully saturated rings. The average molecular weight is 357 g/mol. The fraction of sp³-hybridized carbons (Fsp3) is 0.556. The van der Waals surface area contributed by atoms with Gasteiger partial charge in [-0.1, -0.05) is 0 Å². The van der Waals surface area contributed by atoms with E-state index >= 15 is 0 Å². The summed E-state index contributed by atoms with van der Waals surface area (Å²) < 4.78 is 3.48. The molecule has 0 radical (unpaired) electrons. The fourth-order valence-electron chi connectivity index (χ4n) is 4.27. The monoisotopic (exact) mass is 357 g/mol. The molecule has 1 aliphatic carbocycles. The highest BCUT2D eigenvalue weighted by Crippen LogP contribution is 2.32. The first-order chi connectivity index (χ1) is 12.5. The molecular formula is C18H23N5O3. The Labute approximate surface area is 151 Å². The summed E-state index contributed by atoms with van der Waals surface area (Å²) in [6.45, 7) is 0.795. The summed E-state index contributed by atoms with van der Waals surface area (Å²) in [4.78, 5) is 30.7. The number of hydrogen-bond donors (Lipinski definition) is 1. The summed E-state index contributed by atoms with van der Waals surface area (Å²) >= 11 is 0. The quantitative estimate of drug-likeness (QED) is 0.891. The van der Waals surface area contributed by atoms with Crippen molar-refractivity contribution in [2.45, 2.75) is 44.1 Å². The molecule has 0 unspecified atom stereocenters. The zero-order chi connectivity index (χ0) is 18.3. The van der Waals surface area contributed by atoms with Gasteiger partial charge < -0.3 is 14.6 Å². The van der Waals surface area contributed by atoms with Gasteiger partial charge in [0.25, 0.3) is 5.91 Å². The Balaban J connectivity index is 1.55. The first-order valence-corrected chi connectivity index (χ1v) is 9.09. The Hall–Kier alpha value is -2.64. The number of amides is 1. The lowest BCUT2D eigenvalue weighted by Gasteiger charge is -2.39. The minimum atomic E-state index is -1.03. The zero-order valence-corrected chi connectivity index (χ0v) is 14.9. The van der Waals surface area contributed by atoms with Crippen molar-refractivity contribution in [2.24, 2.45) is 7.05 Å². The van der Waals surface area contributed by atoms with Crippen LogP contribution in [0.2, 0.25) is 0 Å². The van der Waals surface area contributed by atoms with Gasteiger partial charge in [0.1, 0.15) is 5.54 Å². The van der Waals surface area contributed by atoms with E-state index in [2.05, 4.69) is 10.1 Å². The van der Waals surface area contributed by atoms with Gasteiger partial charge >= 0.3 is 5.97 Å². The van der Waals surface area contributed by atoms with Crippen LogP contribution in [0.3, 0.4) is 0 Å². The van der Waals surface area contributed by atoms with Crippen LogP contribution in [0.4, 0.5) is 0 Å². The van der Waals surface area contributed by atoms with Gasteiger partial charge in [-0.05, 0) is 38.5 Å². The summed E-state index contributed by atoms with van der Waals surface area (Å²) in [5, 5.41) is 14.3. The van der Waals surface area contributed by atoms with E-state index in [0.29, 0.717) is 31.6 Å². The van der Waals surface area contributed by atoms with Crippen molar-refractivity contribution in [3.05, 3.63) is 35.7 Å². The Morgan fingerprint density at radius 2 is 1.92 bits per heavy atom. The van der Waals surface area contributed by atoms with Crippen molar-refractivity contribution in [1.29, 1.82) is 0 Å². The second-order valence-electron chi connectivity index (χ2n) is 7.20. The van der Waals surface area contributed by atoms with Gasteiger partial charge in [0.15, 0.2) is 5.69 Å². The molecule has 8 nitrogen and oxygen atoms in total. The van der Waals surface area contributed by atoms with Crippen LogP contribution in [0.15, 0.2) is 18.7 Å². The third-order valence-electron chi connectivity index (χ3n) is 5.84. The zero-order valence-electron chi connectivity index (χ0n) is 14.9. The van der Waals surface area contributed by atoms with Gasteiger partial charge in [0.2, 0.25) is 0 Å². The maximum absolute atomic E-state index is 13.0. The Morgan fingerprint density at radius 3 is 2.58 bits per heavy atom. The predicted molar refractivity (Wildman–Crippen MR) is 92.8 cm³/mol. The molecule has 2 aromatic heterocycles. The van der Waals surface area contributed by atoms with E-state index in [4.69, 9.17) is 0 Å². The molecule has 2 aromatic rings. The lowest BCUT2D eigenvalue weighted by molar-refractivity contribution is -0.150. The summed E-state index contributed by atoms with van der Waals surface area (Å²) in [7, 11) is 1.89. The number of aliphatic carboxylic acids is 1. The van der Waals surface area contributed by atoms with Crippen LogP contribution in [0.25, 0.3) is 0 Å². The third kappa shape index (κ3) is 2.51. The molecule has 0 saturated carbocycles. The second kappa shape index (κ2) is 6.26. The van der Waals surface area contributed by atoms with Gasteiger partial charge in [-0.2, -0.15) is 5.10 Å². The first-order valence-electron chi connectivity index (χ1n) is 9.09. The molecule has 4 rings (SSSR count). The molecule has 0 spiro atoms. The van der Waals surface area contributed by atoms with Crippen molar-refractivity contribution in [1.82, 2.24) is 24.2 Å². The summed E-state index contributed by atoms with van der Waals surface area (Å²) in [5.41, 5.74) is 1.76. The van der Waals surface area contributed by atoms with Crippen LogP contribution in [-0.4, -0.2) is 54.3 Å². The highest BCUT2D eigenvalue weighted by atomic mass is 16.4. The lowest BCUT2D eigenvalue weighted by atomic mass is 9.87. The number of nitrogens with zero attached hydrogens (tertiary/aromatic N) is 5. The number of aryl methyl sites for hydroxylation is 1. The molecule has 0 atom stereocenters. The Kier molecular flexibility index (Phi) is 4.05. The second-order valence-corrected chi connectivity index (χ2v) is 7.20. The summed E-state index contributed by atoms with van der Waals surface area (Å²) in [5.74, 6) is -0.953. The van der Waals surface area contributed by atoms with Crippen molar-refractivity contribution in [3.8, 4) is 0 Å². The van der Waals surface area contributed by atoms with Gasteiger partial charge in [-0.3, -0.25) is 9.48 Å². The maximum Gasteiger partial charge on any atom is 0.330 e. The lowest BCUT2D eigenvalue weighted by Crippen LogP contribution is -2.52. The Morgan fingerprint density at radius 1 is 1.19 bits per heavy atom. The average Bonchev–Trinajstić information content (AvgIpc) is 3.30. The largest absolute Gasteiger partial charge is 0.479 e. The maximum atomic E-state index is 13.0. The summed E-state index contributed by atoms with van der Waals surface area (Å²) in [6, 6.07) is 0. The number of rotatable bonds is 3. The van der Waals surface area contributed by atoms with Gasteiger partial charge in [-0.25, -0.2) is 9.78 Å². The fourth-order valence-corrected chi connectivity index (χ4v) is 4.27. The molecule has 0 bridgehead atoms. The highest BCUT2D eigenvalue weighted by molar-refractivity contribution is 5.94. The van der Waals surface area contributed by atoms with Crippen molar-refractivity contribution in [3.63, 3.8) is 0 Å². The van der Waals surface area contributed by atoms with E-state index in [0.717, 1.165) is 36.9 Å². The van der Waals surface area contributed by atoms with Crippen LogP contribution in [0.1, 0.15) is 47.4 Å². The number of likely N-dealkylation sites (tertiary alicyclic amines) is 1. The van der Waals surface area contributed by atoms with Crippen LogP contribution in [0.5, 0.6) is 0 Å². The van der Waals surface area contributed by atoms with Gasteiger partial charge in [0.05, 0.1) is 6.33 Å². The van der Waals surface area contributed by atoms with Crippen molar-refractivity contribution >= 4 is 11.9 Å². The van der Waals surface area contributed by atoms with Crippen LogP contribution < -0.4 is 0 Å². The first kappa shape index (κ1) is 16.8. The van der Waals surface area contributed by atoms with E-state index in [1.54, 1.807) is 28.2 Å². The van der Waals surface area contributed by atoms with E-state index in [1.165, 1.54) is 0 Å². The molecule has 3 heterocycles. The molecule has 1 aliphatic heterocycles. The van der Waals surface area contributed by atoms with E-state index < -0.39 is 11.5 Å². The van der Waals surface area contributed by atoms with Crippen molar-refractivity contribution in [2.75, 3.05) is 13.1 Å². The molecule has 26 heavy (non-hydrogen) atoms. The van der Waals surface area contributed by atoms with E-state index in [-0.39, 0.29) is 5.91 Å². The van der Waals surface area contributed by atoms with E-state index in [9.17, 15) is 14.7 Å². The normalized spacial score (nSPS) is 19.2. The SMILES string of the molecule is Cn1nc(C(=O)N2CCC(C(=O)O)(n3ccnc3)CC2)c2c1CCCC2. The number of aromatic nitrogens is 4. The predicted octanol–water partition coefficient (Wildman–Crippen LogP) is 1.21. The standard InChI is InChI=1S/C18H23N5O3/c1-21-14-5-3-2-4-13(14)15(20-21)16(24)22-9-6-18(7-10-22,17(25)26)23-11-8-19-12-23/h8,11-12H,2-7,9-10H2,1H3,(H,25,26). The highest BCUT2D eigenvalue weighted by Gasteiger charge is 2.44. The third-order valence-corrected chi connectivity index (χ3v) is 5.84. The smallest absolute Gasteiger partial charge is 0.330 e. The number of piperidine rings is 1. The van der Waals surface area contributed by atoms with Crippen LogP contribution in [-0.2, 0) is 30.2 Å². The number of carbonyl (C=O) groups is 2. The summed E-state index contributed by atoms with van der Waals surface area (Å²) in [6.07, 6.45) is 9.61. The number of carboxylic acid groups (broad SMARTS) is 1. The molecule has 1 N–H and O–H groups in total. The number of hydrogen-bond acceptors (Lipinski definition) is 4. The molecule has 0 aromatic carbocycles. The molecule has 1 amide bonds. The van der Waals surface area contributed by atoms with E-state index in [1.807, 2.05) is 11.7 Å². The minimum absolute atomic E-state index is 0.0756. The molecule has 8 heteroatoms. The Bertz CT molecular complexity index is 831. The van der Waals surface area contributed by atoms with Gasteiger partial charge in [-0.15, -0.1) is 0 Å². The number of fused-ring (bicyclic) bond motifs is 1. The molecule has 1 saturated heterocycles. The van der Waals surface area contributed by atoms with Crippen molar-refractivity contribution < 1.29 is 14.7 Å².